The molecule has 0 unspecified atom stereocenters. The van der Waals surface area contributed by atoms with E-state index >= 15 is 0 Å². The van der Waals surface area contributed by atoms with Gasteiger partial charge in [-0.25, -0.2) is 4.57 Å². The Morgan fingerprint density at radius 1 is 1.38 bits per heavy atom. The van der Waals surface area contributed by atoms with Crippen molar-refractivity contribution in [2.24, 2.45) is 0 Å². The monoisotopic (exact) mass is 247 g/mol. The molecule has 0 aromatic carbocycles. The van der Waals surface area contributed by atoms with E-state index in [1.54, 1.807) is 6.92 Å². The number of aryl methyl sites for hydroxylation is 1. The lowest BCUT2D eigenvalue weighted by atomic mass is 10.2. The van der Waals surface area contributed by atoms with Gasteiger partial charge in [-0.15, -0.1) is 0 Å². The molecule has 0 aliphatic heterocycles. The molecule has 16 heavy (non-hydrogen) atoms. The van der Waals surface area contributed by atoms with Gasteiger partial charge in [0.2, 0.25) is 0 Å². The fourth-order valence-corrected chi connectivity index (χ4v) is 0.903. The van der Waals surface area contributed by atoms with Gasteiger partial charge in [-0.05, 0) is 13.8 Å². The average Bonchev–Trinajstić information content (AvgIpc) is 2.15. The molecule has 0 bridgehead atoms. The summed E-state index contributed by atoms with van der Waals surface area (Å²) in [6, 6.07) is 3.68. The van der Waals surface area contributed by atoms with Crippen LogP contribution in [0.3, 0.4) is 0 Å². The van der Waals surface area contributed by atoms with Crippen LogP contribution in [-0.2, 0) is 16.9 Å². The van der Waals surface area contributed by atoms with Crippen molar-refractivity contribution < 1.29 is 28.3 Å². The van der Waals surface area contributed by atoms with Crippen LogP contribution in [0.15, 0.2) is 24.5 Å². The molecule has 0 spiro atoms. The molecule has 7 heteroatoms. The molecule has 0 atom stereocenters. The topological polar surface area (TPSA) is 101 Å². The van der Waals surface area contributed by atoms with Crippen LogP contribution in [0.25, 0.3) is 0 Å². The zero-order valence-corrected chi connectivity index (χ0v) is 9.73. The molecule has 1 aromatic rings. The van der Waals surface area contributed by atoms with Crippen molar-refractivity contribution in [3.05, 3.63) is 30.1 Å². The number of ketones is 1. The van der Waals surface area contributed by atoms with Gasteiger partial charge in [0.15, 0.2) is 18.2 Å². The molecule has 90 valence electrons. The first-order valence-corrected chi connectivity index (χ1v) is 5.74. The molecule has 0 fully saturated rings. The van der Waals surface area contributed by atoms with Crippen molar-refractivity contribution in [3.8, 4) is 0 Å². The van der Waals surface area contributed by atoms with E-state index < -0.39 is 10.4 Å². The van der Waals surface area contributed by atoms with Gasteiger partial charge in [0.1, 0.15) is 6.54 Å². The van der Waals surface area contributed by atoms with Crippen molar-refractivity contribution in [3.63, 3.8) is 0 Å². The van der Waals surface area contributed by atoms with Crippen LogP contribution in [0.5, 0.6) is 0 Å². The van der Waals surface area contributed by atoms with Crippen molar-refractivity contribution in [2.75, 3.05) is 0 Å². The summed E-state index contributed by atoms with van der Waals surface area (Å²) in [7, 11) is -5.17. The second-order valence-electron chi connectivity index (χ2n) is 2.88. The lowest BCUT2D eigenvalue weighted by Gasteiger charge is -2.06. The first kappa shape index (κ1) is 14.7. The Morgan fingerprint density at radius 2 is 1.75 bits per heavy atom. The number of aromatic nitrogens is 1. The van der Waals surface area contributed by atoms with Gasteiger partial charge in [0.25, 0.3) is 0 Å². The molecular weight excluding hydrogens is 234 g/mol. The summed E-state index contributed by atoms with van der Waals surface area (Å²) in [6.07, 6.45) is 3.83. The predicted octanol–water partition coefficient (Wildman–Crippen LogP) is -0.0289. The number of pyridine rings is 1. The normalized spacial score (nSPS) is 10.2. The van der Waals surface area contributed by atoms with Gasteiger partial charge in [-0.2, -0.15) is 0 Å². The van der Waals surface area contributed by atoms with Crippen LogP contribution in [-0.4, -0.2) is 23.3 Å². The summed E-state index contributed by atoms with van der Waals surface area (Å²) in [6.45, 7) is 4.58. The molecule has 0 N–H and O–H groups in total. The Bertz CT molecular complexity index is 435. The molecule has 0 saturated heterocycles. The molecule has 1 heterocycles. The maximum Gasteiger partial charge on any atom is 1.00 e. The van der Waals surface area contributed by atoms with E-state index in [0.717, 1.165) is 12.1 Å². The Labute approximate surface area is 95.6 Å². The first-order valence-electron chi connectivity index (χ1n) is 4.40. The lowest BCUT2D eigenvalue weighted by molar-refractivity contribution is -0.693. The highest BCUT2D eigenvalue weighted by Crippen LogP contribution is 1.94. The summed E-state index contributed by atoms with van der Waals surface area (Å²) in [5.41, 5.74) is 0.773. The van der Waals surface area contributed by atoms with E-state index in [0.29, 0.717) is 0 Å². The molecule has 1 aromatic heterocycles. The number of nitrogens with zero attached hydrogens (tertiary/aromatic N) is 1. The lowest BCUT2D eigenvalue weighted by Crippen LogP contribution is -2.30. The van der Waals surface area contributed by atoms with E-state index in [-0.39, 0.29) is 7.21 Å². The fraction of sp³-hybridized carbons (Fsp3) is 0.333. The molecule has 6 nitrogen and oxygen atoms in total. The van der Waals surface area contributed by atoms with Gasteiger partial charge in [-0.3, -0.25) is 13.2 Å². The third kappa shape index (κ3) is 8.04. The number of Topliss-reactive ketones (excluding diaryl/α,β-unsaturated/α-hetero) is 1. The van der Waals surface area contributed by atoms with Gasteiger partial charge in [0, 0.05) is 28.1 Å². The maximum absolute atomic E-state index is 10.8. The third-order valence-corrected chi connectivity index (χ3v) is 1.66. The van der Waals surface area contributed by atoms with Crippen molar-refractivity contribution >= 4 is 16.2 Å². The average molecular weight is 247 g/mol. The first-order chi connectivity index (χ1) is 7.24. The van der Waals surface area contributed by atoms with Gasteiger partial charge in [0.05, 0.1) is 0 Å². The van der Waals surface area contributed by atoms with E-state index in [2.05, 4.69) is 6.92 Å². The highest BCUT2D eigenvalue weighted by atomic mass is 32.3. The summed E-state index contributed by atoms with van der Waals surface area (Å²) in [4.78, 5) is 10.8. The van der Waals surface area contributed by atoms with Crippen LogP contribution in [0, 0.1) is 0 Å². The second-order valence-corrected chi connectivity index (χ2v) is 3.70. The number of carbonyl (C=O) groups excluding carboxylic acids is 1. The minimum atomic E-state index is -5.17. The van der Waals surface area contributed by atoms with E-state index in [1.165, 1.54) is 0 Å². The van der Waals surface area contributed by atoms with Crippen molar-refractivity contribution in [1.29, 1.82) is 0 Å². The Balaban J connectivity index is 0. The van der Waals surface area contributed by atoms with Crippen LogP contribution in [0.1, 0.15) is 25.6 Å². The minimum absolute atomic E-state index is 0. The number of carbonyl (C=O) groups is 1. The Hall–Kier alpha value is -1.31. The van der Waals surface area contributed by atoms with Crippen LogP contribution in [0.4, 0.5) is 0 Å². The molecule has 0 amide bonds. The summed E-state index contributed by atoms with van der Waals surface area (Å²) in [5, 5.41) is 0. The van der Waals surface area contributed by atoms with E-state index in [9.17, 15) is 4.79 Å². The van der Waals surface area contributed by atoms with E-state index in [1.807, 2.05) is 29.1 Å². The molecule has 1 rings (SSSR count). The maximum atomic E-state index is 10.8. The highest BCUT2D eigenvalue weighted by molar-refractivity contribution is 7.79. The zero-order valence-electron chi connectivity index (χ0n) is 9.91. The molecular formula is C9H13NO5S. The SMILES string of the molecule is CC[n+]1ccc(C(C)=O)cc1.O=S(=O)([O-])[O-].[H+]. The second kappa shape index (κ2) is 6.31. The molecule has 0 saturated carbocycles. The van der Waals surface area contributed by atoms with Gasteiger partial charge < -0.3 is 9.11 Å². The summed E-state index contributed by atoms with van der Waals surface area (Å²) >= 11 is 0. The minimum Gasteiger partial charge on any atom is -0.759 e. The van der Waals surface area contributed by atoms with Gasteiger partial charge >= 0.3 is 1.43 Å². The Morgan fingerprint density at radius 3 is 2.00 bits per heavy atom. The molecule has 0 aliphatic rings. The zero-order chi connectivity index (χ0) is 12.8. The number of hydrogen-bond acceptors (Lipinski definition) is 5. The number of hydrogen-bond donors (Lipinski definition) is 0. The van der Waals surface area contributed by atoms with Crippen molar-refractivity contribution in [2.45, 2.75) is 20.4 Å². The van der Waals surface area contributed by atoms with Crippen LogP contribution < -0.4 is 4.57 Å². The van der Waals surface area contributed by atoms with Crippen molar-refractivity contribution in [1.82, 2.24) is 0 Å². The highest BCUT2D eigenvalue weighted by Gasteiger charge is 2.00. The summed E-state index contributed by atoms with van der Waals surface area (Å²) < 4.78 is 36.1. The number of rotatable bonds is 2. The standard InChI is InChI=1S/C9H12NO.H2O4S/c1-3-10-6-4-9(5-7-10)8(2)11;1-5(2,3)4/h4-7H,3H2,1-2H3;(H2,1,2,3,4)/q+1;/p-1. The molecule has 0 aliphatic carbocycles. The molecule has 0 radical (unpaired) electrons. The third-order valence-electron chi connectivity index (χ3n) is 1.66. The quantitative estimate of drug-likeness (QED) is 0.316. The van der Waals surface area contributed by atoms with Crippen LogP contribution >= 0.6 is 0 Å². The Kier molecular flexibility index (Phi) is 5.79. The largest absolute Gasteiger partial charge is 1.00 e. The van der Waals surface area contributed by atoms with E-state index in [4.69, 9.17) is 17.5 Å². The van der Waals surface area contributed by atoms with Gasteiger partial charge in [-0.1, -0.05) is 0 Å². The van der Waals surface area contributed by atoms with Crippen LogP contribution in [0.2, 0.25) is 0 Å². The fourth-order valence-electron chi connectivity index (χ4n) is 0.903. The smallest absolute Gasteiger partial charge is 0.759 e. The predicted molar refractivity (Wildman–Crippen MR) is 53.9 cm³/mol. The summed E-state index contributed by atoms with van der Waals surface area (Å²) in [5.74, 6) is 0.119.